The molecule has 0 bridgehead atoms. The number of thiophene rings is 2. The van der Waals surface area contributed by atoms with Gasteiger partial charge in [0.1, 0.15) is 0 Å². The molecule has 190 valence electrons. The number of para-hydroxylation sites is 2. The van der Waals surface area contributed by atoms with Crippen molar-refractivity contribution in [2.24, 2.45) is 0 Å². The third-order valence-electron chi connectivity index (χ3n) is 8.23. The predicted molar refractivity (Wildman–Crippen MR) is 178 cm³/mol. The Bertz CT molecular complexity index is 2500. The molecule has 3 heterocycles. The molecular weight excluding hydrogens is 537 g/mol. The van der Waals surface area contributed by atoms with Gasteiger partial charge in [-0.15, -0.1) is 22.7 Å². The number of nitrogens with zero attached hydrogens (tertiary/aromatic N) is 2. The van der Waals surface area contributed by atoms with Gasteiger partial charge in [0, 0.05) is 41.0 Å². The van der Waals surface area contributed by atoms with Gasteiger partial charge in [-0.2, -0.15) is 0 Å². The first-order valence-corrected chi connectivity index (χ1v) is 15.2. The van der Waals surface area contributed by atoms with E-state index in [-0.39, 0.29) is 0 Å². The molecule has 41 heavy (non-hydrogen) atoms. The zero-order valence-electron chi connectivity index (χ0n) is 21.8. The first kappa shape index (κ1) is 22.8. The van der Waals surface area contributed by atoms with Crippen LogP contribution in [0.15, 0.2) is 121 Å². The first-order chi connectivity index (χ1) is 20.3. The van der Waals surface area contributed by atoms with E-state index in [9.17, 15) is 0 Å². The van der Waals surface area contributed by atoms with Crippen LogP contribution in [0.25, 0.3) is 83.8 Å². The van der Waals surface area contributed by atoms with Gasteiger partial charge in [-0.25, -0.2) is 4.85 Å². The maximum Gasteiger partial charge on any atom is 0.204 e. The second-order valence-corrected chi connectivity index (χ2v) is 12.5. The van der Waals surface area contributed by atoms with Crippen molar-refractivity contribution in [3.05, 3.63) is 133 Å². The largest absolute Gasteiger partial charge is 0.308 e. The van der Waals surface area contributed by atoms with E-state index in [0.717, 1.165) is 10.4 Å². The molecule has 2 nitrogen and oxygen atoms in total. The molecule has 0 aliphatic carbocycles. The monoisotopic (exact) mass is 556 g/mol. The van der Waals surface area contributed by atoms with Crippen LogP contribution < -0.4 is 0 Å². The van der Waals surface area contributed by atoms with E-state index in [1.54, 1.807) is 11.3 Å². The third kappa shape index (κ3) is 3.16. The number of benzene rings is 6. The van der Waals surface area contributed by atoms with E-state index in [1.807, 2.05) is 17.4 Å². The molecule has 0 amide bonds. The summed E-state index contributed by atoms with van der Waals surface area (Å²) in [6.07, 6.45) is 0. The van der Waals surface area contributed by atoms with Gasteiger partial charge in [-0.05, 0) is 52.9 Å². The van der Waals surface area contributed by atoms with Crippen molar-refractivity contribution in [2.75, 3.05) is 0 Å². The normalized spacial score (nSPS) is 11.9. The molecule has 3 aromatic heterocycles. The van der Waals surface area contributed by atoms with Crippen LogP contribution in [-0.4, -0.2) is 4.57 Å². The summed E-state index contributed by atoms with van der Waals surface area (Å²) in [5.41, 5.74) is 6.61. The van der Waals surface area contributed by atoms with Crippen LogP contribution >= 0.6 is 22.7 Å². The Kier molecular flexibility index (Phi) is 4.74. The lowest BCUT2D eigenvalue weighted by molar-refractivity contribution is 1.20. The van der Waals surface area contributed by atoms with Crippen LogP contribution in [-0.2, 0) is 0 Å². The van der Waals surface area contributed by atoms with E-state index in [4.69, 9.17) is 6.57 Å². The fourth-order valence-corrected chi connectivity index (χ4v) is 8.83. The van der Waals surface area contributed by atoms with Gasteiger partial charge in [0.15, 0.2) is 0 Å². The Hall–Kier alpha value is -4.95. The van der Waals surface area contributed by atoms with Crippen LogP contribution in [0.5, 0.6) is 0 Å². The first-order valence-electron chi connectivity index (χ1n) is 13.6. The lowest BCUT2D eigenvalue weighted by Crippen LogP contribution is -1.93. The molecule has 0 unspecified atom stereocenters. The minimum atomic E-state index is 0.709. The standard InChI is InChI=1S/C37H20N2S2/c1-38-29-19-18-23(22-17-20-34-28(21-22)26-11-4-7-16-33(26)40-34)35-27-12-8-15-32(36(27)41-37(29)35)39-30-13-5-2-9-24(30)25-10-3-6-14-31(25)39/h2-21H. The van der Waals surface area contributed by atoms with E-state index >= 15 is 0 Å². The lowest BCUT2D eigenvalue weighted by atomic mass is 9.97. The Morgan fingerprint density at radius 2 is 1.22 bits per heavy atom. The molecule has 0 atom stereocenters. The highest BCUT2D eigenvalue weighted by molar-refractivity contribution is 7.27. The highest BCUT2D eigenvalue weighted by Crippen LogP contribution is 2.48. The highest BCUT2D eigenvalue weighted by Gasteiger charge is 2.20. The van der Waals surface area contributed by atoms with Crippen molar-refractivity contribution in [3.63, 3.8) is 0 Å². The van der Waals surface area contributed by atoms with Gasteiger partial charge < -0.3 is 4.57 Å². The fourth-order valence-electron chi connectivity index (χ4n) is 6.45. The van der Waals surface area contributed by atoms with Crippen molar-refractivity contribution < 1.29 is 0 Å². The molecule has 0 spiro atoms. The van der Waals surface area contributed by atoms with E-state index in [2.05, 4.69) is 125 Å². The summed E-state index contributed by atoms with van der Waals surface area (Å²) in [6, 6.07) is 43.5. The molecule has 0 N–H and O–H groups in total. The summed E-state index contributed by atoms with van der Waals surface area (Å²) in [6.45, 7) is 7.99. The smallest absolute Gasteiger partial charge is 0.204 e. The molecule has 9 aromatic rings. The summed E-state index contributed by atoms with van der Waals surface area (Å²) in [7, 11) is 0. The molecule has 0 fully saturated rings. The van der Waals surface area contributed by atoms with Crippen molar-refractivity contribution in [1.82, 2.24) is 4.57 Å². The quantitative estimate of drug-likeness (QED) is 0.187. The van der Waals surface area contributed by atoms with E-state index < -0.39 is 0 Å². The van der Waals surface area contributed by atoms with Gasteiger partial charge in [-0.1, -0.05) is 84.9 Å². The number of hydrogen-bond donors (Lipinski definition) is 0. The minimum Gasteiger partial charge on any atom is -0.308 e. The number of hydrogen-bond acceptors (Lipinski definition) is 2. The zero-order valence-corrected chi connectivity index (χ0v) is 23.4. The second kappa shape index (κ2) is 8.52. The molecule has 0 radical (unpaired) electrons. The molecule has 0 saturated carbocycles. The highest BCUT2D eigenvalue weighted by atomic mass is 32.1. The van der Waals surface area contributed by atoms with E-state index in [1.165, 1.54) is 68.6 Å². The average molecular weight is 557 g/mol. The van der Waals surface area contributed by atoms with Gasteiger partial charge in [0.25, 0.3) is 0 Å². The molecule has 4 heteroatoms. The van der Waals surface area contributed by atoms with Gasteiger partial charge >= 0.3 is 0 Å². The zero-order chi connectivity index (χ0) is 27.1. The Labute approximate surface area is 243 Å². The van der Waals surface area contributed by atoms with Crippen molar-refractivity contribution in [1.29, 1.82) is 0 Å². The molecule has 0 aliphatic rings. The number of rotatable bonds is 2. The summed E-state index contributed by atoms with van der Waals surface area (Å²) >= 11 is 3.58. The average Bonchev–Trinajstić information content (AvgIpc) is 3.70. The molecule has 9 rings (SSSR count). The number of fused-ring (bicyclic) bond motifs is 9. The SMILES string of the molecule is [C-]#[N+]c1ccc(-c2ccc3sc4ccccc4c3c2)c2c1sc1c(-n3c4ccccc4c4ccccc43)cccc12. The summed E-state index contributed by atoms with van der Waals surface area (Å²) in [4.78, 5) is 3.96. The Balaban J connectivity index is 1.38. The summed E-state index contributed by atoms with van der Waals surface area (Å²) in [5, 5.41) is 7.45. The maximum absolute atomic E-state index is 7.99. The van der Waals surface area contributed by atoms with Crippen LogP contribution in [0.3, 0.4) is 0 Å². The maximum atomic E-state index is 7.99. The van der Waals surface area contributed by atoms with Gasteiger partial charge in [0.2, 0.25) is 5.69 Å². The Morgan fingerprint density at radius 1 is 0.537 bits per heavy atom. The molecule has 6 aromatic carbocycles. The van der Waals surface area contributed by atoms with Crippen molar-refractivity contribution in [3.8, 4) is 16.8 Å². The summed E-state index contributed by atoms with van der Waals surface area (Å²) < 4.78 is 7.26. The molecule has 0 saturated heterocycles. The Morgan fingerprint density at radius 3 is 2.00 bits per heavy atom. The predicted octanol–water partition coefficient (Wildman–Crippen LogP) is 11.7. The molecule has 0 aliphatic heterocycles. The van der Waals surface area contributed by atoms with Crippen molar-refractivity contribution >= 4 is 90.5 Å². The minimum absolute atomic E-state index is 0.709. The number of aromatic nitrogens is 1. The van der Waals surface area contributed by atoms with E-state index in [0.29, 0.717) is 5.69 Å². The van der Waals surface area contributed by atoms with Crippen LogP contribution in [0, 0.1) is 6.57 Å². The van der Waals surface area contributed by atoms with Crippen LogP contribution in [0.2, 0.25) is 0 Å². The third-order valence-corrected chi connectivity index (χ3v) is 10.6. The van der Waals surface area contributed by atoms with Crippen LogP contribution in [0.4, 0.5) is 5.69 Å². The summed E-state index contributed by atoms with van der Waals surface area (Å²) in [5.74, 6) is 0. The molecular formula is C37H20N2S2. The van der Waals surface area contributed by atoms with Crippen LogP contribution in [0.1, 0.15) is 0 Å². The van der Waals surface area contributed by atoms with Crippen molar-refractivity contribution in [2.45, 2.75) is 0 Å². The topological polar surface area (TPSA) is 9.29 Å². The van der Waals surface area contributed by atoms with Gasteiger partial charge in [0.05, 0.1) is 28.0 Å². The second-order valence-electron chi connectivity index (χ2n) is 10.4. The van der Waals surface area contributed by atoms with Gasteiger partial charge in [-0.3, -0.25) is 0 Å². The fraction of sp³-hybridized carbons (Fsp3) is 0. The lowest BCUT2D eigenvalue weighted by Gasteiger charge is -2.10.